The monoisotopic (exact) mass is 211 g/mol. The van der Waals surface area contributed by atoms with Gasteiger partial charge in [-0.25, -0.2) is 0 Å². The van der Waals surface area contributed by atoms with E-state index in [4.69, 9.17) is 10.5 Å². The Morgan fingerprint density at radius 1 is 1.60 bits per heavy atom. The number of esters is 1. The maximum absolute atomic E-state index is 11.5. The zero-order valence-corrected chi connectivity index (χ0v) is 9.30. The maximum Gasteiger partial charge on any atom is 0.325 e. The highest BCUT2D eigenvalue weighted by atomic mass is 16.6. The van der Waals surface area contributed by atoms with Crippen molar-refractivity contribution in [1.82, 2.24) is 9.78 Å². The lowest BCUT2D eigenvalue weighted by Crippen LogP contribution is -2.40. The van der Waals surface area contributed by atoms with E-state index in [-0.39, 0.29) is 0 Å². The zero-order chi connectivity index (χ0) is 11.5. The number of carbonyl (C=O) groups excluding carboxylic acids is 1. The molecule has 1 rings (SSSR count). The number of carbonyl (C=O) groups is 1. The summed E-state index contributed by atoms with van der Waals surface area (Å²) in [7, 11) is 0. The van der Waals surface area contributed by atoms with E-state index in [0.717, 1.165) is 0 Å². The van der Waals surface area contributed by atoms with Gasteiger partial charge in [-0.1, -0.05) is 0 Å². The van der Waals surface area contributed by atoms with Crippen LogP contribution in [0, 0.1) is 0 Å². The first-order chi connectivity index (χ1) is 6.88. The van der Waals surface area contributed by atoms with E-state index in [1.165, 1.54) is 0 Å². The molecule has 1 aromatic heterocycles. The van der Waals surface area contributed by atoms with Crippen LogP contribution in [0.3, 0.4) is 0 Å². The third-order valence-electron chi connectivity index (χ3n) is 1.65. The summed E-state index contributed by atoms with van der Waals surface area (Å²) < 4.78 is 6.75. The van der Waals surface area contributed by atoms with Crippen molar-refractivity contribution in [2.24, 2.45) is 5.73 Å². The summed E-state index contributed by atoms with van der Waals surface area (Å²) in [6.45, 7) is 5.77. The molecular weight excluding hydrogens is 194 g/mol. The molecule has 0 aliphatic heterocycles. The molecule has 84 valence electrons. The first-order valence-electron chi connectivity index (χ1n) is 4.84. The fourth-order valence-electron chi connectivity index (χ4n) is 1.06. The number of rotatable bonds is 3. The molecule has 0 amide bonds. The van der Waals surface area contributed by atoms with E-state index in [1.54, 1.807) is 23.1 Å². The molecule has 0 radical (unpaired) electrons. The van der Waals surface area contributed by atoms with Crippen molar-refractivity contribution in [2.75, 3.05) is 0 Å². The molecule has 1 atom stereocenters. The van der Waals surface area contributed by atoms with Crippen LogP contribution < -0.4 is 5.73 Å². The van der Waals surface area contributed by atoms with E-state index >= 15 is 0 Å². The molecule has 0 fully saturated rings. The van der Waals surface area contributed by atoms with Crippen LogP contribution in [-0.4, -0.2) is 27.4 Å². The van der Waals surface area contributed by atoms with Crippen LogP contribution >= 0.6 is 0 Å². The van der Waals surface area contributed by atoms with Crippen molar-refractivity contribution in [3.63, 3.8) is 0 Å². The molecule has 1 heterocycles. The van der Waals surface area contributed by atoms with Crippen molar-refractivity contribution >= 4 is 5.97 Å². The smallest absolute Gasteiger partial charge is 0.325 e. The quantitative estimate of drug-likeness (QED) is 0.741. The number of aromatic nitrogens is 2. The first kappa shape index (κ1) is 11.7. The molecule has 0 spiro atoms. The van der Waals surface area contributed by atoms with Gasteiger partial charge in [-0.3, -0.25) is 9.48 Å². The molecule has 5 nitrogen and oxygen atoms in total. The molecule has 0 saturated carbocycles. The maximum atomic E-state index is 11.5. The van der Waals surface area contributed by atoms with E-state index < -0.39 is 17.6 Å². The predicted molar refractivity (Wildman–Crippen MR) is 56.0 cm³/mol. The van der Waals surface area contributed by atoms with Gasteiger partial charge in [0.05, 0.1) is 6.54 Å². The Hall–Kier alpha value is -1.36. The van der Waals surface area contributed by atoms with Crippen molar-refractivity contribution in [3.8, 4) is 0 Å². The number of hydrogen-bond acceptors (Lipinski definition) is 4. The minimum Gasteiger partial charge on any atom is -0.459 e. The van der Waals surface area contributed by atoms with Gasteiger partial charge in [0, 0.05) is 12.4 Å². The van der Waals surface area contributed by atoms with Gasteiger partial charge in [0.15, 0.2) is 0 Å². The molecular formula is C10H17N3O2. The Bertz CT molecular complexity index is 314. The molecule has 15 heavy (non-hydrogen) atoms. The highest BCUT2D eigenvalue weighted by Gasteiger charge is 2.22. The Balaban J connectivity index is 2.47. The molecule has 0 saturated heterocycles. The van der Waals surface area contributed by atoms with Crippen molar-refractivity contribution in [3.05, 3.63) is 18.5 Å². The van der Waals surface area contributed by atoms with Crippen LogP contribution in [0.15, 0.2) is 18.5 Å². The summed E-state index contributed by atoms with van der Waals surface area (Å²) in [5.74, 6) is -0.405. The largest absolute Gasteiger partial charge is 0.459 e. The summed E-state index contributed by atoms with van der Waals surface area (Å²) in [6.07, 6.45) is 3.39. The van der Waals surface area contributed by atoms with Gasteiger partial charge in [-0.05, 0) is 26.8 Å². The Kier molecular flexibility index (Phi) is 3.47. The average Bonchev–Trinajstić information content (AvgIpc) is 2.53. The van der Waals surface area contributed by atoms with Crippen molar-refractivity contribution < 1.29 is 9.53 Å². The standard InChI is InChI=1S/C10H17N3O2/c1-10(2,3)15-9(14)8(11)7-13-6-4-5-12-13/h4-6,8H,7,11H2,1-3H3. The molecule has 0 aliphatic rings. The lowest BCUT2D eigenvalue weighted by atomic mass is 10.2. The number of ether oxygens (including phenoxy) is 1. The second kappa shape index (κ2) is 4.44. The summed E-state index contributed by atoms with van der Waals surface area (Å²) in [5.41, 5.74) is 5.18. The molecule has 2 N–H and O–H groups in total. The van der Waals surface area contributed by atoms with Gasteiger partial charge in [0.2, 0.25) is 0 Å². The van der Waals surface area contributed by atoms with Gasteiger partial charge < -0.3 is 10.5 Å². The van der Waals surface area contributed by atoms with E-state index in [2.05, 4.69) is 5.10 Å². The van der Waals surface area contributed by atoms with Crippen LogP contribution in [-0.2, 0) is 16.1 Å². The van der Waals surface area contributed by atoms with Crippen LogP contribution in [0.5, 0.6) is 0 Å². The third-order valence-corrected chi connectivity index (χ3v) is 1.65. The predicted octanol–water partition coefficient (Wildman–Crippen LogP) is 0.552. The van der Waals surface area contributed by atoms with Crippen LogP contribution in [0.25, 0.3) is 0 Å². The molecule has 0 bridgehead atoms. The summed E-state index contributed by atoms with van der Waals surface area (Å²) in [6, 6.07) is 1.10. The lowest BCUT2D eigenvalue weighted by molar-refractivity contribution is -0.156. The topological polar surface area (TPSA) is 70.1 Å². The molecule has 0 aromatic carbocycles. The second-order valence-electron chi connectivity index (χ2n) is 4.37. The Morgan fingerprint density at radius 3 is 2.73 bits per heavy atom. The highest BCUT2D eigenvalue weighted by Crippen LogP contribution is 2.08. The number of nitrogens with zero attached hydrogens (tertiary/aromatic N) is 2. The highest BCUT2D eigenvalue weighted by molar-refractivity contribution is 5.75. The molecule has 1 aromatic rings. The first-order valence-corrected chi connectivity index (χ1v) is 4.84. The fraction of sp³-hybridized carbons (Fsp3) is 0.600. The van der Waals surface area contributed by atoms with Gasteiger partial charge >= 0.3 is 5.97 Å². The average molecular weight is 211 g/mol. The van der Waals surface area contributed by atoms with Gasteiger partial charge in [-0.15, -0.1) is 0 Å². The molecule has 1 unspecified atom stereocenters. The fourth-order valence-corrected chi connectivity index (χ4v) is 1.06. The Labute approximate surface area is 89.2 Å². The van der Waals surface area contributed by atoms with Gasteiger partial charge in [0.1, 0.15) is 11.6 Å². The SMILES string of the molecule is CC(C)(C)OC(=O)C(N)Cn1cccn1. The van der Waals surface area contributed by atoms with E-state index in [9.17, 15) is 4.79 Å². The lowest BCUT2D eigenvalue weighted by Gasteiger charge is -2.22. The van der Waals surface area contributed by atoms with Crippen molar-refractivity contribution in [1.29, 1.82) is 0 Å². The molecule has 5 heteroatoms. The van der Waals surface area contributed by atoms with E-state index in [0.29, 0.717) is 6.54 Å². The normalized spacial score (nSPS) is 13.6. The number of nitrogens with two attached hydrogens (primary N) is 1. The minimum atomic E-state index is -0.677. The third kappa shape index (κ3) is 4.12. The molecule has 0 aliphatic carbocycles. The van der Waals surface area contributed by atoms with Crippen LogP contribution in [0.4, 0.5) is 0 Å². The number of hydrogen-bond donors (Lipinski definition) is 1. The minimum absolute atomic E-state index is 0.335. The van der Waals surface area contributed by atoms with E-state index in [1.807, 2.05) is 20.8 Å². The summed E-state index contributed by atoms with van der Waals surface area (Å²) in [5, 5.41) is 3.96. The Morgan fingerprint density at radius 2 is 2.27 bits per heavy atom. The van der Waals surface area contributed by atoms with Gasteiger partial charge in [0.25, 0.3) is 0 Å². The summed E-state index contributed by atoms with van der Waals surface area (Å²) in [4.78, 5) is 11.5. The zero-order valence-electron chi connectivity index (χ0n) is 9.30. The second-order valence-corrected chi connectivity index (χ2v) is 4.37. The van der Waals surface area contributed by atoms with Crippen molar-refractivity contribution in [2.45, 2.75) is 39.0 Å². The van der Waals surface area contributed by atoms with Crippen LogP contribution in [0.1, 0.15) is 20.8 Å². The van der Waals surface area contributed by atoms with Crippen LogP contribution in [0.2, 0.25) is 0 Å². The summed E-state index contributed by atoms with van der Waals surface area (Å²) >= 11 is 0. The van der Waals surface area contributed by atoms with Gasteiger partial charge in [-0.2, -0.15) is 5.10 Å².